The van der Waals surface area contributed by atoms with Crippen molar-refractivity contribution in [3.05, 3.63) is 72.5 Å². The van der Waals surface area contributed by atoms with E-state index in [1.807, 2.05) is 0 Å². The lowest BCUT2D eigenvalue weighted by molar-refractivity contribution is -1.92. The van der Waals surface area contributed by atoms with E-state index in [4.69, 9.17) is 18.6 Å². The number of halogens is 1. The number of allylic oxidation sites excluding steroid dienone is 4. The van der Waals surface area contributed by atoms with Gasteiger partial charge in [-0.15, -0.1) is 0 Å². The zero-order valence-electron chi connectivity index (χ0n) is 15.2. The van der Waals surface area contributed by atoms with Gasteiger partial charge in [-0.05, 0) is 36.9 Å². The first-order chi connectivity index (χ1) is 12.2. The third-order valence-electron chi connectivity index (χ3n) is 3.56. The van der Waals surface area contributed by atoms with Crippen LogP contribution in [-0.2, 0) is 0 Å². The van der Waals surface area contributed by atoms with Gasteiger partial charge in [0.25, 0.3) is 0 Å². The molecule has 1 aliphatic rings. The van der Waals surface area contributed by atoms with Crippen molar-refractivity contribution >= 4 is 11.8 Å². The Morgan fingerprint density at radius 3 is 2.27 bits per heavy atom. The predicted molar refractivity (Wildman–Crippen MR) is 95.6 cm³/mol. The molecular formula is C19H25ClN2O4. The number of benzene rings is 1. The van der Waals surface area contributed by atoms with Gasteiger partial charge in [0.05, 0.1) is 20.9 Å². The average Bonchev–Trinajstić information content (AvgIpc) is 2.58. The van der Waals surface area contributed by atoms with Gasteiger partial charge in [-0.1, -0.05) is 48.6 Å². The molecule has 0 saturated heterocycles. The molecule has 1 atom stereocenters. The molecule has 1 heterocycles. The van der Waals surface area contributed by atoms with Crippen LogP contribution in [0.25, 0.3) is 6.08 Å². The summed E-state index contributed by atoms with van der Waals surface area (Å²) in [6, 6.07) is 8.91. The second kappa shape index (κ2) is 10.8. The van der Waals surface area contributed by atoms with E-state index >= 15 is 0 Å². The van der Waals surface area contributed by atoms with Crippen molar-refractivity contribution in [3.63, 3.8) is 0 Å². The van der Waals surface area contributed by atoms with E-state index in [2.05, 4.69) is 104 Å². The molecule has 142 valence electrons. The molecule has 1 aliphatic heterocycles. The number of nitrogens with zero attached hydrogens (tertiary/aromatic N) is 2. The molecule has 1 aromatic carbocycles. The second-order valence-corrected chi connectivity index (χ2v) is 6.47. The van der Waals surface area contributed by atoms with Crippen molar-refractivity contribution in [2.45, 2.75) is 13.0 Å². The lowest BCUT2D eigenvalue weighted by Gasteiger charge is -2.26. The third-order valence-corrected chi connectivity index (χ3v) is 3.56. The fourth-order valence-corrected chi connectivity index (χ4v) is 2.27. The number of hydrogen-bond acceptors (Lipinski definition) is 6. The topological polar surface area (TPSA) is 95.9 Å². The molecule has 0 spiro atoms. The van der Waals surface area contributed by atoms with Gasteiger partial charge in [-0.2, -0.15) is 14.0 Å². The van der Waals surface area contributed by atoms with Crippen LogP contribution in [0.4, 0.5) is 5.69 Å². The van der Waals surface area contributed by atoms with Gasteiger partial charge in [0.1, 0.15) is 0 Å². The van der Waals surface area contributed by atoms with Crippen LogP contribution < -0.4 is 18.9 Å². The Bertz CT molecular complexity index is 640. The quantitative estimate of drug-likeness (QED) is 0.721. The molecule has 0 bridgehead atoms. The highest BCUT2D eigenvalue weighted by atomic mass is 35.7. The highest BCUT2D eigenvalue weighted by Crippen LogP contribution is 2.13. The van der Waals surface area contributed by atoms with Crippen molar-refractivity contribution < 1.29 is 28.9 Å². The highest BCUT2D eigenvalue weighted by Gasteiger charge is 2.07. The van der Waals surface area contributed by atoms with Crippen molar-refractivity contribution in [2.75, 3.05) is 25.5 Å². The van der Waals surface area contributed by atoms with Crippen molar-refractivity contribution in [3.8, 4) is 0 Å². The minimum atomic E-state index is -4.69. The lowest BCUT2D eigenvalue weighted by Crippen LogP contribution is -2.58. The Hall–Kier alpha value is -2.09. The molecule has 0 fully saturated rings. The second-order valence-electron chi connectivity index (χ2n) is 5.67. The zero-order valence-corrected chi connectivity index (χ0v) is 15.9. The Balaban J connectivity index is 0.000000597. The summed E-state index contributed by atoms with van der Waals surface area (Å²) in [5.41, 5.74) is 2.44. The lowest BCUT2D eigenvalue weighted by atomic mass is 10.1. The summed E-state index contributed by atoms with van der Waals surface area (Å²) < 4.78 is 32.7. The van der Waals surface area contributed by atoms with E-state index in [1.54, 1.807) is 0 Å². The fraction of sp³-hybridized carbons (Fsp3) is 0.263. The molecular weight excluding hydrogens is 356 g/mol. The largest absolute Gasteiger partial charge is 0.378 e. The zero-order chi connectivity index (χ0) is 19.6. The maximum Gasteiger partial charge on any atom is 0.0777 e. The monoisotopic (exact) mass is 380 g/mol. The van der Waals surface area contributed by atoms with Crippen LogP contribution in [0.5, 0.6) is 0 Å². The number of rotatable bonds is 5. The fourth-order valence-electron chi connectivity index (χ4n) is 2.27. The van der Waals surface area contributed by atoms with Crippen molar-refractivity contribution in [1.82, 2.24) is 4.90 Å². The van der Waals surface area contributed by atoms with Crippen LogP contribution in [0.2, 0.25) is 0 Å². The molecule has 0 amide bonds. The Morgan fingerprint density at radius 1 is 1.12 bits per heavy atom. The van der Waals surface area contributed by atoms with E-state index in [0.717, 1.165) is 6.54 Å². The minimum Gasteiger partial charge on any atom is -0.378 e. The van der Waals surface area contributed by atoms with E-state index in [1.165, 1.54) is 11.3 Å². The Morgan fingerprint density at radius 2 is 1.73 bits per heavy atom. The van der Waals surface area contributed by atoms with E-state index in [-0.39, 0.29) is 0 Å². The molecule has 0 aliphatic carbocycles. The van der Waals surface area contributed by atoms with E-state index < -0.39 is 10.2 Å². The molecule has 1 aromatic rings. The van der Waals surface area contributed by atoms with Crippen molar-refractivity contribution in [1.29, 1.82) is 0 Å². The summed E-state index contributed by atoms with van der Waals surface area (Å²) in [6.07, 6.45) is 17.1. The molecule has 26 heavy (non-hydrogen) atoms. The number of anilines is 1. The SMILES string of the molecule is CCN1C=CC=CC1C=CC=Cc1ccc(N(C)C)cc1.[O-][Cl+3]([O-])([O-])O. The maximum atomic E-state index is 8.60. The normalized spacial score (nSPS) is 16.9. The number of likely N-dealkylation sites (N-methyl/N-ethyl adjacent to an activating group) is 1. The summed E-state index contributed by atoms with van der Waals surface area (Å²) in [7, 11) is -0.585. The summed E-state index contributed by atoms with van der Waals surface area (Å²) in [5, 5.41) is 0. The Kier molecular flexibility index (Phi) is 9.12. The van der Waals surface area contributed by atoms with Gasteiger partial charge < -0.3 is 9.80 Å². The average molecular weight is 381 g/mol. The predicted octanol–water partition coefficient (Wildman–Crippen LogP) is -0.0280. The first-order valence-corrected chi connectivity index (χ1v) is 9.33. The maximum absolute atomic E-state index is 8.60. The first kappa shape index (κ1) is 22.0. The van der Waals surface area contributed by atoms with Gasteiger partial charge in [-0.3, -0.25) is 0 Å². The van der Waals surface area contributed by atoms with Crippen LogP contribution in [-0.4, -0.2) is 36.2 Å². The molecule has 1 N–H and O–H groups in total. The molecule has 0 aromatic heterocycles. The van der Waals surface area contributed by atoms with Crippen LogP contribution in [0.1, 0.15) is 12.5 Å². The minimum absolute atomic E-state index is 0.362. The summed E-state index contributed by atoms with van der Waals surface area (Å²) in [5.74, 6) is 0. The van der Waals surface area contributed by atoms with E-state index in [0.29, 0.717) is 6.04 Å². The molecule has 7 heteroatoms. The van der Waals surface area contributed by atoms with Gasteiger partial charge >= 0.3 is 0 Å². The van der Waals surface area contributed by atoms with Crippen molar-refractivity contribution in [2.24, 2.45) is 0 Å². The summed E-state index contributed by atoms with van der Waals surface area (Å²) >= 11 is 0. The van der Waals surface area contributed by atoms with Crippen LogP contribution in [0.15, 0.2) is 66.9 Å². The van der Waals surface area contributed by atoms with Gasteiger partial charge in [0.15, 0.2) is 0 Å². The van der Waals surface area contributed by atoms with Crippen LogP contribution in [0.3, 0.4) is 0 Å². The Labute approximate surface area is 157 Å². The molecule has 0 saturated carbocycles. The smallest absolute Gasteiger partial charge is 0.0777 e. The molecule has 2 rings (SSSR count). The van der Waals surface area contributed by atoms with Crippen LogP contribution >= 0.6 is 0 Å². The highest BCUT2D eigenvalue weighted by molar-refractivity contribution is 5.56. The van der Waals surface area contributed by atoms with Gasteiger partial charge in [-0.25, -0.2) is 0 Å². The first-order valence-electron chi connectivity index (χ1n) is 8.07. The summed E-state index contributed by atoms with van der Waals surface area (Å²) in [4.78, 5) is 4.41. The number of hydrogen-bond donors (Lipinski definition) is 1. The standard InChI is InChI=1S/C19H24N2.ClHO4/c1-4-21-16-8-7-11-19(21)10-6-5-9-17-12-14-18(15-13-17)20(2)3;2-1(3,4)5/h5-16,19H,4H2,1-3H3;(H,2,3,4,5). The van der Waals surface area contributed by atoms with Gasteiger partial charge in [0, 0.05) is 26.3 Å². The van der Waals surface area contributed by atoms with Crippen LogP contribution in [0, 0.1) is 10.2 Å². The molecule has 6 nitrogen and oxygen atoms in total. The summed E-state index contributed by atoms with van der Waals surface area (Å²) in [6.45, 7) is 3.19. The van der Waals surface area contributed by atoms with Gasteiger partial charge in [0.2, 0.25) is 0 Å². The molecule has 0 radical (unpaired) electrons. The van der Waals surface area contributed by atoms with E-state index in [9.17, 15) is 0 Å². The molecule has 1 unspecified atom stereocenters. The third kappa shape index (κ3) is 9.41.